The van der Waals surface area contributed by atoms with Gasteiger partial charge in [-0.25, -0.2) is 9.97 Å². The molecule has 3 N–H and O–H groups in total. The molecule has 2 aromatic carbocycles. The molecule has 0 spiro atoms. The summed E-state index contributed by atoms with van der Waals surface area (Å²) in [4.78, 5) is 33.0. The Bertz CT molecular complexity index is 1160. The highest BCUT2D eigenvalue weighted by Gasteiger charge is 2.17. The van der Waals surface area contributed by atoms with E-state index in [1.165, 1.54) is 6.33 Å². The number of benzene rings is 2. The number of nitrogens with zero attached hydrogens (tertiary/aromatic N) is 2. The Hall–Kier alpha value is -3.59. The van der Waals surface area contributed by atoms with Gasteiger partial charge in [-0.2, -0.15) is 0 Å². The average Bonchev–Trinajstić information content (AvgIpc) is 2.80. The summed E-state index contributed by atoms with van der Waals surface area (Å²) in [5.74, 6) is 0.946. The van der Waals surface area contributed by atoms with E-state index in [1.54, 1.807) is 19.2 Å². The quantitative estimate of drug-likeness (QED) is 0.483. The highest BCUT2D eigenvalue weighted by molar-refractivity contribution is 6.21. The number of hydrogen-bond acceptors (Lipinski definition) is 7. The second-order valence-electron chi connectivity index (χ2n) is 7.19. The van der Waals surface area contributed by atoms with E-state index in [0.717, 1.165) is 11.3 Å². The van der Waals surface area contributed by atoms with Gasteiger partial charge >= 0.3 is 0 Å². The number of amides is 2. The van der Waals surface area contributed by atoms with Gasteiger partial charge in [-0.15, -0.1) is 11.6 Å². The first-order valence-electron chi connectivity index (χ1n) is 10.0. The molecule has 2 bridgehead atoms. The molecule has 1 aromatic heterocycles. The minimum atomic E-state index is -0.579. The van der Waals surface area contributed by atoms with Gasteiger partial charge in [-0.3, -0.25) is 9.59 Å². The van der Waals surface area contributed by atoms with Gasteiger partial charge in [0.1, 0.15) is 35.8 Å². The molecule has 9 nitrogen and oxygen atoms in total. The van der Waals surface area contributed by atoms with Crippen LogP contribution < -0.4 is 25.4 Å². The Morgan fingerprint density at radius 2 is 1.91 bits per heavy atom. The first-order chi connectivity index (χ1) is 15.5. The van der Waals surface area contributed by atoms with Crippen molar-refractivity contribution in [1.29, 1.82) is 0 Å². The Morgan fingerprint density at radius 1 is 1.09 bits per heavy atom. The summed E-state index contributed by atoms with van der Waals surface area (Å²) >= 11 is 6.27. The lowest BCUT2D eigenvalue weighted by Gasteiger charge is -2.15. The topological polar surface area (TPSA) is 114 Å². The first-order valence-corrected chi connectivity index (χ1v) is 10.4. The van der Waals surface area contributed by atoms with Crippen LogP contribution in [0.3, 0.4) is 0 Å². The molecule has 166 valence electrons. The lowest BCUT2D eigenvalue weighted by atomic mass is 10.1. The Kier molecular flexibility index (Phi) is 6.55. The number of nitrogens with one attached hydrogen (secondary N) is 3. The van der Waals surface area contributed by atoms with Crippen molar-refractivity contribution < 1.29 is 19.1 Å². The van der Waals surface area contributed by atoms with E-state index in [4.69, 9.17) is 21.1 Å². The van der Waals surface area contributed by atoms with Crippen LogP contribution in [-0.4, -0.2) is 47.4 Å². The molecule has 0 aliphatic carbocycles. The van der Waals surface area contributed by atoms with Gasteiger partial charge in [0, 0.05) is 24.7 Å². The average molecular weight is 456 g/mol. The fourth-order valence-electron chi connectivity index (χ4n) is 3.33. The van der Waals surface area contributed by atoms with Crippen molar-refractivity contribution in [1.82, 2.24) is 20.6 Å². The summed E-state index contributed by atoms with van der Waals surface area (Å²) in [6, 6.07) is 11.1. The maximum atomic E-state index is 12.2. The Labute approximate surface area is 189 Å². The SMILES string of the molecule is COc1cc2cc3c(ncnc13)Nc1ccccc1CNC(=O)CNC(=O)CC(Cl)CO2. The highest BCUT2D eigenvalue weighted by Crippen LogP contribution is 2.34. The summed E-state index contributed by atoms with van der Waals surface area (Å²) in [7, 11) is 1.55. The van der Waals surface area contributed by atoms with Gasteiger partial charge in [0.15, 0.2) is 0 Å². The van der Waals surface area contributed by atoms with Crippen LogP contribution in [-0.2, 0) is 16.1 Å². The first kappa shape index (κ1) is 21.6. The predicted octanol–water partition coefficient (Wildman–Crippen LogP) is 2.50. The molecule has 0 radical (unpaired) electrons. The van der Waals surface area contributed by atoms with Crippen molar-refractivity contribution in [3.8, 4) is 11.5 Å². The molecule has 0 saturated carbocycles. The summed E-state index contributed by atoms with van der Waals surface area (Å²) in [5, 5.41) is 8.82. The summed E-state index contributed by atoms with van der Waals surface area (Å²) < 4.78 is 11.3. The van der Waals surface area contributed by atoms with Crippen LogP contribution in [0.2, 0.25) is 0 Å². The largest absolute Gasteiger partial charge is 0.494 e. The predicted molar refractivity (Wildman–Crippen MR) is 120 cm³/mol. The highest BCUT2D eigenvalue weighted by atomic mass is 35.5. The van der Waals surface area contributed by atoms with Crippen LogP contribution in [0.5, 0.6) is 11.5 Å². The molecule has 10 heteroatoms. The number of fused-ring (bicyclic) bond motifs is 2. The molecular weight excluding hydrogens is 434 g/mol. The lowest BCUT2D eigenvalue weighted by Crippen LogP contribution is -2.37. The zero-order valence-electron chi connectivity index (χ0n) is 17.4. The Balaban J connectivity index is 1.77. The minimum absolute atomic E-state index is 0.0122. The zero-order valence-corrected chi connectivity index (χ0v) is 18.1. The molecule has 1 aliphatic heterocycles. The molecule has 0 fully saturated rings. The molecule has 0 saturated heterocycles. The number of carbonyl (C=O) groups is 2. The van der Waals surface area contributed by atoms with Gasteiger partial charge in [0.05, 0.1) is 24.4 Å². The zero-order chi connectivity index (χ0) is 22.5. The summed E-state index contributed by atoms with van der Waals surface area (Å²) in [6.07, 6.45) is 1.46. The van der Waals surface area contributed by atoms with Gasteiger partial charge < -0.3 is 25.4 Å². The monoisotopic (exact) mass is 455 g/mol. The van der Waals surface area contributed by atoms with Crippen molar-refractivity contribution >= 4 is 45.8 Å². The van der Waals surface area contributed by atoms with Crippen LogP contribution >= 0.6 is 11.6 Å². The van der Waals surface area contributed by atoms with Gasteiger partial charge in [-0.1, -0.05) is 18.2 Å². The maximum absolute atomic E-state index is 12.2. The number of para-hydroxylation sites is 1. The number of carbonyl (C=O) groups excluding carboxylic acids is 2. The fraction of sp³-hybridized carbons (Fsp3) is 0.273. The molecular formula is C22H22ClN5O4. The molecule has 4 rings (SSSR count). The lowest BCUT2D eigenvalue weighted by molar-refractivity contribution is -0.126. The summed E-state index contributed by atoms with van der Waals surface area (Å²) in [6.45, 7) is 0.231. The normalized spacial score (nSPS) is 17.4. The maximum Gasteiger partial charge on any atom is 0.239 e. The third-order valence-corrected chi connectivity index (χ3v) is 5.21. The molecule has 2 amide bonds. The smallest absolute Gasteiger partial charge is 0.239 e. The fourth-order valence-corrected chi connectivity index (χ4v) is 3.53. The van der Waals surface area contributed by atoms with E-state index in [1.807, 2.05) is 24.3 Å². The van der Waals surface area contributed by atoms with Crippen LogP contribution in [0.15, 0.2) is 42.7 Å². The molecule has 1 atom stereocenters. The van der Waals surface area contributed by atoms with E-state index in [9.17, 15) is 9.59 Å². The van der Waals surface area contributed by atoms with Crippen LogP contribution in [0.1, 0.15) is 12.0 Å². The standard InChI is InChI=1S/C22H22ClN5O4/c1-31-18-8-15-7-16-21(18)26-12-27-22(16)28-17-5-3-2-4-13(17)9-24-20(30)10-25-19(29)6-14(23)11-32-15/h2-5,7-8,12,14H,6,9-11H2,1H3,(H,24,30)(H,25,29)(H,26,27,28). The third kappa shape index (κ3) is 5.00. The second kappa shape index (κ2) is 9.69. The molecule has 3 aromatic rings. The van der Waals surface area contributed by atoms with Gasteiger partial charge in [-0.05, 0) is 17.7 Å². The number of methoxy groups -OCH3 is 1. The van der Waals surface area contributed by atoms with Gasteiger partial charge in [0.25, 0.3) is 0 Å². The third-order valence-electron chi connectivity index (χ3n) is 4.93. The van der Waals surface area contributed by atoms with Crippen molar-refractivity contribution in [2.45, 2.75) is 18.3 Å². The van der Waals surface area contributed by atoms with Crippen molar-refractivity contribution in [3.05, 3.63) is 48.3 Å². The molecule has 2 heterocycles. The number of rotatable bonds is 1. The van der Waals surface area contributed by atoms with E-state index >= 15 is 0 Å². The van der Waals surface area contributed by atoms with Gasteiger partial charge in [0.2, 0.25) is 11.8 Å². The van der Waals surface area contributed by atoms with Crippen LogP contribution in [0.25, 0.3) is 10.9 Å². The number of halogens is 1. The molecule has 1 unspecified atom stereocenters. The molecule has 1 aliphatic rings. The van der Waals surface area contributed by atoms with Crippen molar-refractivity contribution in [2.24, 2.45) is 0 Å². The van der Waals surface area contributed by atoms with Crippen molar-refractivity contribution in [3.63, 3.8) is 0 Å². The van der Waals surface area contributed by atoms with E-state index < -0.39 is 5.38 Å². The van der Waals surface area contributed by atoms with E-state index in [2.05, 4.69) is 25.9 Å². The molecule has 32 heavy (non-hydrogen) atoms. The summed E-state index contributed by atoms with van der Waals surface area (Å²) in [5.41, 5.74) is 2.23. The number of ether oxygens (including phenoxy) is 2. The second-order valence-corrected chi connectivity index (χ2v) is 7.81. The van der Waals surface area contributed by atoms with Crippen LogP contribution in [0, 0.1) is 0 Å². The number of hydrogen-bond donors (Lipinski definition) is 3. The van der Waals surface area contributed by atoms with Crippen molar-refractivity contribution in [2.75, 3.05) is 25.6 Å². The Morgan fingerprint density at radius 3 is 2.75 bits per heavy atom. The van der Waals surface area contributed by atoms with E-state index in [-0.39, 0.29) is 37.9 Å². The minimum Gasteiger partial charge on any atom is -0.494 e. The number of aromatic nitrogens is 2. The number of anilines is 2. The van der Waals surface area contributed by atoms with E-state index in [0.29, 0.717) is 28.2 Å². The number of alkyl halides is 1. The van der Waals surface area contributed by atoms with Crippen LogP contribution in [0.4, 0.5) is 11.5 Å².